The van der Waals surface area contributed by atoms with E-state index in [2.05, 4.69) is 4.90 Å². The van der Waals surface area contributed by atoms with Crippen molar-refractivity contribution >= 4 is 15.6 Å². The van der Waals surface area contributed by atoms with Crippen molar-refractivity contribution in [2.24, 2.45) is 0 Å². The Balaban J connectivity index is 1.16. The number of carbonyl (C=O) groups excluding carboxylic acids is 1. The fourth-order valence-electron chi connectivity index (χ4n) is 5.14. The molecule has 0 bridgehead atoms. The van der Waals surface area contributed by atoms with E-state index >= 15 is 0 Å². The molecule has 1 fully saturated rings. The average Bonchev–Trinajstić information content (AvgIpc) is 2.99. The average molecular weight is 540 g/mol. The zero-order chi connectivity index (χ0) is 27.2. The fourth-order valence-corrected chi connectivity index (χ4v) is 6.87. The van der Waals surface area contributed by atoms with Crippen LogP contribution in [0.25, 0.3) is 22.3 Å². The monoisotopic (exact) mass is 539 g/mol. The molecule has 1 heterocycles. The summed E-state index contributed by atoms with van der Waals surface area (Å²) < 4.78 is 31.9. The van der Waals surface area contributed by atoms with E-state index in [-0.39, 0.29) is 5.78 Å². The second kappa shape index (κ2) is 12.1. The first-order chi connectivity index (χ1) is 18.9. The quantitative estimate of drug-likeness (QED) is 0.234. The highest BCUT2D eigenvalue weighted by Gasteiger charge is 2.32. The van der Waals surface area contributed by atoms with Gasteiger partial charge >= 0.3 is 0 Å². The SMILES string of the molecule is COCc1ccc(-c2ccc(S(=O)(=O)C3CCN(CC(=O)c4ccc(-c5ccccc5)cc4)CC3)cc2)cc1. The lowest BCUT2D eigenvalue weighted by Gasteiger charge is -2.31. The molecule has 1 saturated heterocycles. The van der Waals surface area contributed by atoms with Crippen molar-refractivity contribution in [1.29, 1.82) is 0 Å². The molecule has 1 aliphatic rings. The maximum absolute atomic E-state index is 13.4. The Bertz CT molecular complexity index is 1490. The van der Waals surface area contributed by atoms with Gasteiger partial charge in [-0.05, 0) is 65.9 Å². The molecular weight excluding hydrogens is 506 g/mol. The van der Waals surface area contributed by atoms with Crippen LogP contribution < -0.4 is 0 Å². The molecular formula is C33H33NO4S. The van der Waals surface area contributed by atoms with E-state index in [1.165, 1.54) is 0 Å². The van der Waals surface area contributed by atoms with Crippen LogP contribution >= 0.6 is 0 Å². The minimum absolute atomic E-state index is 0.0572. The summed E-state index contributed by atoms with van der Waals surface area (Å²) in [6, 6.07) is 33.0. The first kappa shape index (κ1) is 27.0. The van der Waals surface area contributed by atoms with E-state index < -0.39 is 15.1 Å². The predicted octanol–water partition coefficient (Wildman–Crippen LogP) is 6.29. The van der Waals surface area contributed by atoms with E-state index in [0.29, 0.717) is 49.5 Å². The number of benzene rings is 4. The lowest BCUT2D eigenvalue weighted by molar-refractivity contribution is 0.0916. The molecule has 6 heteroatoms. The number of ketones is 1. The number of hydrogen-bond acceptors (Lipinski definition) is 5. The van der Waals surface area contributed by atoms with Crippen LogP contribution in [0.4, 0.5) is 0 Å². The van der Waals surface area contributed by atoms with Gasteiger partial charge in [-0.1, -0.05) is 91.0 Å². The molecule has 0 radical (unpaired) electrons. The van der Waals surface area contributed by atoms with Crippen molar-refractivity contribution in [2.45, 2.75) is 29.6 Å². The molecule has 1 aliphatic heterocycles. The molecule has 0 aliphatic carbocycles. The van der Waals surface area contributed by atoms with Crippen LogP contribution in [0.3, 0.4) is 0 Å². The molecule has 4 aromatic carbocycles. The Kier molecular flexibility index (Phi) is 8.36. The lowest BCUT2D eigenvalue weighted by Crippen LogP contribution is -2.41. The third kappa shape index (κ3) is 6.36. The smallest absolute Gasteiger partial charge is 0.181 e. The third-order valence-corrected chi connectivity index (χ3v) is 9.71. The van der Waals surface area contributed by atoms with Crippen molar-refractivity contribution in [3.05, 3.63) is 114 Å². The summed E-state index contributed by atoms with van der Waals surface area (Å²) in [5, 5.41) is -0.437. The third-order valence-electron chi connectivity index (χ3n) is 7.44. The van der Waals surface area contributed by atoms with Gasteiger partial charge in [-0.25, -0.2) is 8.42 Å². The van der Waals surface area contributed by atoms with Gasteiger partial charge in [0.1, 0.15) is 0 Å². The molecule has 0 saturated carbocycles. The summed E-state index contributed by atoms with van der Waals surface area (Å²) >= 11 is 0. The second-order valence-corrected chi connectivity index (χ2v) is 12.3. The normalized spacial score (nSPS) is 14.8. The number of hydrogen-bond donors (Lipinski definition) is 0. The zero-order valence-electron chi connectivity index (χ0n) is 22.1. The summed E-state index contributed by atoms with van der Waals surface area (Å²) in [4.78, 5) is 15.3. The number of Topliss-reactive ketones (excluding diaryl/α,β-unsaturated/α-hetero) is 1. The van der Waals surface area contributed by atoms with Crippen molar-refractivity contribution in [2.75, 3.05) is 26.7 Å². The number of likely N-dealkylation sites (tertiary alicyclic amines) is 1. The van der Waals surface area contributed by atoms with Crippen LogP contribution in [-0.2, 0) is 21.2 Å². The summed E-state index contributed by atoms with van der Waals surface area (Å²) in [5.41, 5.74) is 5.97. The van der Waals surface area contributed by atoms with Crippen LogP contribution in [0.2, 0.25) is 0 Å². The molecule has 0 atom stereocenters. The van der Waals surface area contributed by atoms with Gasteiger partial charge in [0.25, 0.3) is 0 Å². The highest BCUT2D eigenvalue weighted by molar-refractivity contribution is 7.92. The standard InChI is InChI=1S/C33H33NO4S/c1-38-24-25-7-9-27(10-8-25)29-15-17-31(18-16-29)39(36,37)32-19-21-34(22-20-32)23-33(35)30-13-11-28(12-14-30)26-5-3-2-4-6-26/h2-18,32H,19-24H2,1H3. The van der Waals surface area contributed by atoms with Gasteiger partial charge in [0, 0.05) is 12.7 Å². The van der Waals surface area contributed by atoms with Crippen LogP contribution in [-0.4, -0.2) is 51.1 Å². The maximum Gasteiger partial charge on any atom is 0.181 e. The Morgan fingerprint density at radius 2 is 1.26 bits per heavy atom. The number of rotatable bonds is 9. The number of ether oxygens (including phenoxy) is 1. The molecule has 0 aromatic heterocycles. The van der Waals surface area contributed by atoms with Crippen LogP contribution in [0.1, 0.15) is 28.8 Å². The molecule has 200 valence electrons. The molecule has 5 nitrogen and oxygen atoms in total. The van der Waals surface area contributed by atoms with E-state index in [1.54, 1.807) is 19.2 Å². The lowest BCUT2D eigenvalue weighted by atomic mass is 10.0. The molecule has 39 heavy (non-hydrogen) atoms. The number of methoxy groups -OCH3 is 1. The summed E-state index contributed by atoms with van der Waals surface area (Å²) in [5.74, 6) is 0.0572. The van der Waals surface area contributed by atoms with Gasteiger partial charge < -0.3 is 4.74 Å². The van der Waals surface area contributed by atoms with Crippen molar-refractivity contribution in [1.82, 2.24) is 4.90 Å². The number of sulfone groups is 1. The van der Waals surface area contributed by atoms with Crippen molar-refractivity contribution in [3.63, 3.8) is 0 Å². The first-order valence-corrected chi connectivity index (χ1v) is 14.8. The minimum atomic E-state index is -3.44. The molecule has 5 rings (SSSR count). The Hall–Kier alpha value is -3.58. The van der Waals surface area contributed by atoms with E-state index in [0.717, 1.165) is 27.8 Å². The number of carbonyl (C=O) groups is 1. The van der Waals surface area contributed by atoms with Crippen LogP contribution in [0.5, 0.6) is 0 Å². The fraction of sp³-hybridized carbons (Fsp3) is 0.242. The van der Waals surface area contributed by atoms with E-state index in [1.807, 2.05) is 91.0 Å². The predicted molar refractivity (Wildman–Crippen MR) is 155 cm³/mol. The number of piperidine rings is 1. The molecule has 4 aromatic rings. The van der Waals surface area contributed by atoms with Gasteiger partial charge in [0.05, 0.1) is 23.3 Å². The van der Waals surface area contributed by atoms with Gasteiger partial charge in [-0.15, -0.1) is 0 Å². The van der Waals surface area contributed by atoms with Gasteiger partial charge in [-0.3, -0.25) is 9.69 Å². The minimum Gasteiger partial charge on any atom is -0.380 e. The largest absolute Gasteiger partial charge is 0.380 e. The summed E-state index contributed by atoms with van der Waals surface area (Å²) in [6.07, 6.45) is 1.04. The Morgan fingerprint density at radius 3 is 1.82 bits per heavy atom. The molecule has 0 amide bonds. The Labute approximate surface area is 231 Å². The first-order valence-electron chi connectivity index (χ1n) is 13.3. The topological polar surface area (TPSA) is 63.7 Å². The summed E-state index contributed by atoms with van der Waals surface area (Å²) in [6.45, 7) is 2.04. The second-order valence-electron chi connectivity index (χ2n) is 10.0. The Morgan fingerprint density at radius 1 is 0.744 bits per heavy atom. The van der Waals surface area contributed by atoms with Gasteiger partial charge in [0.2, 0.25) is 0 Å². The van der Waals surface area contributed by atoms with E-state index in [9.17, 15) is 13.2 Å². The van der Waals surface area contributed by atoms with Crippen LogP contribution in [0.15, 0.2) is 108 Å². The highest BCUT2D eigenvalue weighted by atomic mass is 32.2. The molecule has 0 spiro atoms. The van der Waals surface area contributed by atoms with Gasteiger partial charge in [-0.2, -0.15) is 0 Å². The molecule has 0 unspecified atom stereocenters. The van der Waals surface area contributed by atoms with Crippen LogP contribution in [0, 0.1) is 0 Å². The summed E-state index contributed by atoms with van der Waals surface area (Å²) in [7, 11) is -1.77. The van der Waals surface area contributed by atoms with Crippen molar-refractivity contribution < 1.29 is 17.9 Å². The number of nitrogens with zero attached hydrogens (tertiary/aromatic N) is 1. The zero-order valence-corrected chi connectivity index (χ0v) is 22.9. The molecule has 0 N–H and O–H groups in total. The highest BCUT2D eigenvalue weighted by Crippen LogP contribution is 2.28. The van der Waals surface area contributed by atoms with E-state index in [4.69, 9.17) is 4.74 Å². The van der Waals surface area contributed by atoms with Crippen molar-refractivity contribution in [3.8, 4) is 22.3 Å². The maximum atomic E-state index is 13.4. The van der Waals surface area contributed by atoms with Gasteiger partial charge in [0.15, 0.2) is 15.6 Å².